The van der Waals surface area contributed by atoms with Crippen LogP contribution in [0.5, 0.6) is 0 Å². The van der Waals surface area contributed by atoms with E-state index in [0.29, 0.717) is 5.56 Å². The molecule has 0 heterocycles. The van der Waals surface area contributed by atoms with Crippen molar-refractivity contribution >= 4 is 23.0 Å². The molecule has 0 radical (unpaired) electrons. The Bertz CT molecular complexity index is 495. The Labute approximate surface area is 115 Å². The Morgan fingerprint density at radius 1 is 1.11 bits per heavy atom. The van der Waals surface area contributed by atoms with E-state index in [0.717, 1.165) is 6.07 Å². The number of hydrogen-bond donors (Lipinski definition) is 0. The minimum Gasteiger partial charge on any atom is -0.258 e. The normalized spacial score (nSPS) is 14.2. The number of nitro groups is 2. The Morgan fingerprint density at radius 3 is 2.05 bits per heavy atom. The van der Waals surface area contributed by atoms with Crippen LogP contribution in [0.25, 0.3) is 0 Å². The fourth-order valence-corrected chi connectivity index (χ4v) is 2.65. The number of halogens is 1. The van der Waals surface area contributed by atoms with Gasteiger partial charge < -0.3 is 0 Å². The van der Waals surface area contributed by atoms with Gasteiger partial charge in [0.1, 0.15) is 0 Å². The zero-order valence-electron chi connectivity index (χ0n) is 10.9. The minimum atomic E-state index is -0.648. The van der Waals surface area contributed by atoms with Crippen molar-refractivity contribution in [3.63, 3.8) is 0 Å². The van der Waals surface area contributed by atoms with E-state index in [2.05, 4.69) is 0 Å². The smallest absolute Gasteiger partial charge is 0.258 e. The molecule has 19 heavy (non-hydrogen) atoms. The molecule has 0 spiro atoms. The standard InChI is InChI=1S/C12H15ClN2O4/c1-7(2)12(8(3)13)10-5-4-9(14(16)17)6-11(10)15(18)19/h4-8,12H,1-3H3. The minimum absolute atomic E-state index is 0.0904. The lowest BCUT2D eigenvalue weighted by atomic mass is 9.85. The van der Waals surface area contributed by atoms with Gasteiger partial charge in [0.05, 0.1) is 15.9 Å². The Hall–Kier alpha value is -1.69. The molecule has 2 unspecified atom stereocenters. The number of nitrogens with zero attached hydrogens (tertiary/aromatic N) is 2. The van der Waals surface area contributed by atoms with E-state index in [1.165, 1.54) is 12.1 Å². The highest BCUT2D eigenvalue weighted by atomic mass is 35.5. The molecule has 0 aliphatic heterocycles. The Kier molecular flexibility index (Phi) is 4.83. The zero-order valence-corrected chi connectivity index (χ0v) is 11.6. The molecule has 1 aromatic rings. The van der Waals surface area contributed by atoms with Gasteiger partial charge in [-0.1, -0.05) is 13.8 Å². The predicted octanol–water partition coefficient (Wildman–Crippen LogP) is 3.87. The molecule has 0 saturated carbocycles. The van der Waals surface area contributed by atoms with Crippen LogP contribution in [0, 0.1) is 26.1 Å². The van der Waals surface area contributed by atoms with Gasteiger partial charge in [-0.3, -0.25) is 20.2 Å². The molecule has 2 atom stereocenters. The third-order valence-corrected chi connectivity index (χ3v) is 3.27. The summed E-state index contributed by atoms with van der Waals surface area (Å²) in [5, 5.41) is 21.5. The fourth-order valence-electron chi connectivity index (χ4n) is 2.22. The van der Waals surface area contributed by atoms with Crippen LogP contribution < -0.4 is 0 Å². The molecule has 1 rings (SSSR count). The van der Waals surface area contributed by atoms with Crippen LogP contribution in [0.15, 0.2) is 18.2 Å². The Morgan fingerprint density at radius 2 is 1.68 bits per heavy atom. The number of rotatable bonds is 5. The van der Waals surface area contributed by atoms with Crippen molar-refractivity contribution in [2.75, 3.05) is 0 Å². The van der Waals surface area contributed by atoms with E-state index in [4.69, 9.17) is 11.6 Å². The van der Waals surface area contributed by atoms with Gasteiger partial charge in [-0.2, -0.15) is 0 Å². The fraction of sp³-hybridized carbons (Fsp3) is 0.500. The highest BCUT2D eigenvalue weighted by Crippen LogP contribution is 2.38. The van der Waals surface area contributed by atoms with Crippen LogP contribution in [-0.2, 0) is 0 Å². The van der Waals surface area contributed by atoms with Crippen molar-refractivity contribution in [3.8, 4) is 0 Å². The molecule has 1 aromatic carbocycles. The van der Waals surface area contributed by atoms with Gasteiger partial charge in [0.2, 0.25) is 0 Å². The third kappa shape index (κ3) is 3.41. The summed E-state index contributed by atoms with van der Waals surface area (Å²) in [6.45, 7) is 5.58. The molecule has 0 aliphatic rings. The summed E-state index contributed by atoms with van der Waals surface area (Å²) >= 11 is 6.10. The average Bonchev–Trinajstić information content (AvgIpc) is 2.27. The van der Waals surface area contributed by atoms with Crippen molar-refractivity contribution in [2.45, 2.75) is 32.1 Å². The van der Waals surface area contributed by atoms with Crippen LogP contribution in [0.2, 0.25) is 0 Å². The van der Waals surface area contributed by atoms with Crippen molar-refractivity contribution in [1.82, 2.24) is 0 Å². The van der Waals surface area contributed by atoms with E-state index in [-0.39, 0.29) is 28.6 Å². The van der Waals surface area contributed by atoms with Gasteiger partial charge in [0, 0.05) is 22.9 Å². The van der Waals surface area contributed by atoms with Gasteiger partial charge in [0.15, 0.2) is 0 Å². The van der Waals surface area contributed by atoms with E-state index in [1.54, 1.807) is 6.92 Å². The van der Waals surface area contributed by atoms with Gasteiger partial charge >= 0.3 is 0 Å². The zero-order chi connectivity index (χ0) is 14.7. The molecule has 0 bridgehead atoms. The molecule has 6 nitrogen and oxygen atoms in total. The number of alkyl halides is 1. The maximum Gasteiger partial charge on any atom is 0.279 e. The summed E-state index contributed by atoms with van der Waals surface area (Å²) < 4.78 is 0. The second-order valence-corrected chi connectivity index (χ2v) is 5.39. The first kappa shape index (κ1) is 15.4. The Balaban J connectivity index is 3.41. The van der Waals surface area contributed by atoms with Crippen molar-refractivity contribution < 1.29 is 9.85 Å². The van der Waals surface area contributed by atoms with Crippen molar-refractivity contribution in [2.24, 2.45) is 5.92 Å². The van der Waals surface area contributed by atoms with Crippen LogP contribution in [0.1, 0.15) is 32.3 Å². The molecule has 0 N–H and O–H groups in total. The molecule has 0 aliphatic carbocycles. The van der Waals surface area contributed by atoms with Crippen LogP contribution >= 0.6 is 11.6 Å². The molecular formula is C12H15ClN2O4. The predicted molar refractivity (Wildman–Crippen MR) is 72.6 cm³/mol. The lowest BCUT2D eigenvalue weighted by molar-refractivity contribution is -0.394. The highest BCUT2D eigenvalue weighted by molar-refractivity contribution is 6.21. The second kappa shape index (κ2) is 5.97. The van der Waals surface area contributed by atoms with Crippen LogP contribution in [-0.4, -0.2) is 15.2 Å². The maximum absolute atomic E-state index is 11.1. The summed E-state index contributed by atoms with van der Waals surface area (Å²) in [4.78, 5) is 20.5. The number of nitro benzene ring substituents is 2. The maximum atomic E-state index is 11.1. The summed E-state index contributed by atoms with van der Waals surface area (Å²) in [5.74, 6) is -0.143. The first-order chi connectivity index (χ1) is 8.75. The highest BCUT2D eigenvalue weighted by Gasteiger charge is 2.30. The topological polar surface area (TPSA) is 86.3 Å². The third-order valence-electron chi connectivity index (χ3n) is 2.99. The monoisotopic (exact) mass is 286 g/mol. The van der Waals surface area contributed by atoms with E-state index < -0.39 is 9.85 Å². The quantitative estimate of drug-likeness (QED) is 0.467. The molecular weight excluding hydrogens is 272 g/mol. The first-order valence-corrected chi connectivity index (χ1v) is 6.26. The molecule has 104 valence electrons. The van der Waals surface area contributed by atoms with E-state index >= 15 is 0 Å². The van der Waals surface area contributed by atoms with Gasteiger partial charge in [-0.25, -0.2) is 0 Å². The van der Waals surface area contributed by atoms with Crippen molar-refractivity contribution in [1.29, 1.82) is 0 Å². The second-order valence-electron chi connectivity index (χ2n) is 4.70. The van der Waals surface area contributed by atoms with Gasteiger partial charge in [-0.15, -0.1) is 11.6 Å². The number of non-ortho nitro benzene ring substituents is 1. The van der Waals surface area contributed by atoms with Crippen molar-refractivity contribution in [3.05, 3.63) is 44.0 Å². The average molecular weight is 287 g/mol. The lowest BCUT2D eigenvalue weighted by Gasteiger charge is -2.23. The first-order valence-electron chi connectivity index (χ1n) is 5.82. The molecule has 0 amide bonds. The lowest BCUT2D eigenvalue weighted by Crippen LogP contribution is -2.17. The van der Waals surface area contributed by atoms with E-state index in [1.807, 2.05) is 13.8 Å². The number of hydrogen-bond acceptors (Lipinski definition) is 4. The van der Waals surface area contributed by atoms with Crippen LogP contribution in [0.3, 0.4) is 0 Å². The largest absolute Gasteiger partial charge is 0.279 e. The van der Waals surface area contributed by atoms with E-state index in [9.17, 15) is 20.2 Å². The molecule has 7 heteroatoms. The molecule has 0 fully saturated rings. The summed E-state index contributed by atoms with van der Waals surface area (Å²) in [6.07, 6.45) is 0. The summed E-state index contributed by atoms with van der Waals surface area (Å²) in [6, 6.07) is 3.70. The molecule has 0 aromatic heterocycles. The van der Waals surface area contributed by atoms with Crippen LogP contribution in [0.4, 0.5) is 11.4 Å². The van der Waals surface area contributed by atoms with Gasteiger partial charge in [0.25, 0.3) is 11.4 Å². The summed E-state index contributed by atoms with van der Waals surface area (Å²) in [5.41, 5.74) is -0.103. The number of benzene rings is 1. The van der Waals surface area contributed by atoms with Gasteiger partial charge in [-0.05, 0) is 18.9 Å². The SMILES string of the molecule is CC(C)C(c1ccc([N+](=O)[O-])cc1[N+](=O)[O-])C(C)Cl. The molecule has 0 saturated heterocycles. The summed E-state index contributed by atoms with van der Waals surface area (Å²) in [7, 11) is 0.